The van der Waals surface area contributed by atoms with Crippen LogP contribution in [-0.2, 0) is 16.0 Å². The second-order valence-electron chi connectivity index (χ2n) is 8.15. The molecule has 1 aromatic heterocycles. The first-order valence-electron chi connectivity index (χ1n) is 11.2. The Balaban J connectivity index is 1.52. The Kier molecular flexibility index (Phi) is 8.38. The second-order valence-corrected chi connectivity index (χ2v) is 9.58. The molecule has 0 bridgehead atoms. The fraction of sp³-hybridized carbons (Fsp3) is 0.308. The highest BCUT2D eigenvalue weighted by Crippen LogP contribution is 2.34. The molecule has 6 nitrogen and oxygen atoms in total. The third-order valence-electron chi connectivity index (χ3n) is 5.89. The molecule has 1 atom stereocenters. The molecule has 4 rings (SSSR count). The number of benzene rings is 2. The van der Waals surface area contributed by atoms with Crippen LogP contribution in [-0.4, -0.2) is 61.6 Å². The van der Waals surface area contributed by atoms with E-state index in [-0.39, 0.29) is 43.4 Å². The van der Waals surface area contributed by atoms with E-state index in [1.165, 1.54) is 21.9 Å². The zero-order valence-electron chi connectivity index (χ0n) is 19.3. The summed E-state index contributed by atoms with van der Waals surface area (Å²) in [4.78, 5) is 31.2. The van der Waals surface area contributed by atoms with Gasteiger partial charge in [0.2, 0.25) is 5.91 Å². The molecule has 0 spiro atoms. The number of halogens is 2. The molecule has 1 aliphatic rings. The number of carbonyl (C=O) groups is 2. The van der Waals surface area contributed by atoms with E-state index in [4.69, 9.17) is 21.1 Å². The van der Waals surface area contributed by atoms with Gasteiger partial charge < -0.3 is 19.3 Å². The van der Waals surface area contributed by atoms with E-state index in [0.29, 0.717) is 29.5 Å². The summed E-state index contributed by atoms with van der Waals surface area (Å²) in [5.74, 6) is -0.280. The van der Waals surface area contributed by atoms with E-state index < -0.39 is 0 Å². The molecular formula is C26H26ClFN2O4S. The lowest BCUT2D eigenvalue weighted by atomic mass is 10.0. The lowest BCUT2D eigenvalue weighted by Crippen LogP contribution is -2.48. The van der Waals surface area contributed by atoms with E-state index in [1.54, 1.807) is 59.7 Å². The van der Waals surface area contributed by atoms with Gasteiger partial charge in [0.1, 0.15) is 24.7 Å². The number of rotatable bonds is 9. The minimum absolute atomic E-state index is 0.0960. The van der Waals surface area contributed by atoms with Crippen LogP contribution in [0.2, 0.25) is 5.02 Å². The van der Waals surface area contributed by atoms with Gasteiger partial charge in [-0.3, -0.25) is 9.59 Å². The Morgan fingerprint density at radius 1 is 1.20 bits per heavy atom. The summed E-state index contributed by atoms with van der Waals surface area (Å²) >= 11 is 7.73. The number of nitrogens with zero attached hydrogens (tertiary/aromatic N) is 2. The Bertz CT molecular complexity index is 1170. The molecule has 0 aliphatic carbocycles. The van der Waals surface area contributed by atoms with Crippen molar-refractivity contribution in [3.05, 3.63) is 86.8 Å². The molecule has 0 fully saturated rings. The topological polar surface area (TPSA) is 59.1 Å². The summed E-state index contributed by atoms with van der Waals surface area (Å²) in [6, 6.07) is 14.2. The molecule has 2 amide bonds. The van der Waals surface area contributed by atoms with Crippen LogP contribution in [0.25, 0.3) is 0 Å². The normalized spacial score (nSPS) is 14.9. The molecule has 0 saturated heterocycles. The number of fused-ring (bicyclic) bond motifs is 1. The van der Waals surface area contributed by atoms with Crippen LogP contribution in [0.3, 0.4) is 0 Å². The number of hydrogen-bond donors (Lipinski definition) is 0. The number of hydrogen-bond acceptors (Lipinski definition) is 5. The fourth-order valence-electron chi connectivity index (χ4n) is 4.09. The van der Waals surface area contributed by atoms with Crippen LogP contribution in [0.15, 0.2) is 60.0 Å². The minimum Gasteiger partial charge on any atom is -0.491 e. The first-order valence-corrected chi connectivity index (χ1v) is 12.5. The number of methoxy groups -OCH3 is 1. The van der Waals surface area contributed by atoms with Crippen molar-refractivity contribution in [1.29, 1.82) is 0 Å². The maximum Gasteiger partial charge on any atom is 0.254 e. The van der Waals surface area contributed by atoms with Gasteiger partial charge in [-0.1, -0.05) is 17.7 Å². The molecule has 2 heterocycles. The van der Waals surface area contributed by atoms with Crippen LogP contribution < -0.4 is 4.74 Å². The van der Waals surface area contributed by atoms with Crippen molar-refractivity contribution in [1.82, 2.24) is 9.80 Å². The van der Waals surface area contributed by atoms with Gasteiger partial charge >= 0.3 is 0 Å². The van der Waals surface area contributed by atoms with Crippen molar-refractivity contribution in [2.45, 2.75) is 12.5 Å². The first-order chi connectivity index (χ1) is 17.0. The van der Waals surface area contributed by atoms with E-state index in [9.17, 15) is 14.0 Å². The van der Waals surface area contributed by atoms with Crippen LogP contribution in [0.1, 0.15) is 26.8 Å². The maximum atomic E-state index is 13.5. The van der Waals surface area contributed by atoms with Crippen LogP contribution in [0.4, 0.5) is 4.39 Å². The first kappa shape index (κ1) is 25.2. The molecule has 184 valence electrons. The monoisotopic (exact) mass is 516 g/mol. The van der Waals surface area contributed by atoms with Gasteiger partial charge in [-0.25, -0.2) is 4.39 Å². The molecule has 9 heteroatoms. The molecule has 0 unspecified atom stereocenters. The highest BCUT2D eigenvalue weighted by Gasteiger charge is 2.33. The fourth-order valence-corrected chi connectivity index (χ4v) is 5.21. The van der Waals surface area contributed by atoms with Crippen LogP contribution >= 0.6 is 22.9 Å². The molecular weight excluding hydrogens is 491 g/mol. The van der Waals surface area contributed by atoms with Gasteiger partial charge in [-0.05, 0) is 65.9 Å². The van der Waals surface area contributed by atoms with Gasteiger partial charge in [0.25, 0.3) is 5.91 Å². The highest BCUT2D eigenvalue weighted by molar-refractivity contribution is 7.10. The van der Waals surface area contributed by atoms with Crippen molar-refractivity contribution >= 4 is 34.8 Å². The van der Waals surface area contributed by atoms with Crippen molar-refractivity contribution in [2.75, 3.05) is 40.0 Å². The largest absolute Gasteiger partial charge is 0.491 e. The number of amides is 2. The van der Waals surface area contributed by atoms with E-state index in [2.05, 4.69) is 0 Å². The van der Waals surface area contributed by atoms with Crippen molar-refractivity contribution in [3.8, 4) is 5.75 Å². The standard InChI is InChI=1S/C26H26ClFN2O4S/c1-33-13-12-29(26(32)18-3-2-4-19(27)15-18)16-25(31)30-11-9-24-22(10-14-35-24)23(30)17-34-21-7-5-20(28)6-8-21/h2-8,10,14-15,23H,9,11-13,16-17H2,1H3/t23-/m1/s1. The summed E-state index contributed by atoms with van der Waals surface area (Å²) in [6.45, 7) is 1.21. The summed E-state index contributed by atoms with van der Waals surface area (Å²) in [6.07, 6.45) is 0.742. The number of thiophene rings is 1. The van der Waals surface area contributed by atoms with Gasteiger partial charge in [-0.15, -0.1) is 11.3 Å². The Labute approximate surface area is 212 Å². The van der Waals surface area contributed by atoms with E-state index in [0.717, 1.165) is 12.0 Å². The third kappa shape index (κ3) is 6.20. The minimum atomic E-state index is -0.340. The van der Waals surface area contributed by atoms with Crippen molar-refractivity contribution in [2.24, 2.45) is 0 Å². The average Bonchev–Trinajstić information content (AvgIpc) is 3.34. The quantitative estimate of drug-likeness (QED) is 0.408. The molecule has 0 radical (unpaired) electrons. The highest BCUT2D eigenvalue weighted by atomic mass is 35.5. The van der Waals surface area contributed by atoms with Crippen LogP contribution in [0.5, 0.6) is 5.75 Å². The molecule has 0 saturated carbocycles. The smallest absolute Gasteiger partial charge is 0.254 e. The summed E-state index contributed by atoms with van der Waals surface area (Å²) < 4.78 is 24.4. The summed E-state index contributed by atoms with van der Waals surface area (Å²) in [5.41, 5.74) is 1.46. The molecule has 2 aromatic carbocycles. The second kappa shape index (κ2) is 11.7. The Morgan fingerprint density at radius 3 is 2.74 bits per heavy atom. The predicted octanol–water partition coefficient (Wildman–Crippen LogP) is 4.83. The zero-order chi connectivity index (χ0) is 24.8. The van der Waals surface area contributed by atoms with E-state index >= 15 is 0 Å². The van der Waals surface area contributed by atoms with Gasteiger partial charge in [0.05, 0.1) is 12.6 Å². The molecule has 3 aromatic rings. The lowest BCUT2D eigenvalue weighted by molar-refractivity contribution is -0.135. The van der Waals surface area contributed by atoms with Crippen LogP contribution in [0, 0.1) is 5.82 Å². The predicted molar refractivity (Wildman–Crippen MR) is 134 cm³/mol. The molecule has 35 heavy (non-hydrogen) atoms. The number of carbonyl (C=O) groups excluding carboxylic acids is 2. The third-order valence-corrected chi connectivity index (χ3v) is 7.12. The van der Waals surface area contributed by atoms with Crippen molar-refractivity contribution in [3.63, 3.8) is 0 Å². The molecule has 0 N–H and O–H groups in total. The van der Waals surface area contributed by atoms with E-state index in [1.807, 2.05) is 11.4 Å². The zero-order valence-corrected chi connectivity index (χ0v) is 20.9. The van der Waals surface area contributed by atoms with Gasteiger partial charge in [0, 0.05) is 35.7 Å². The maximum absolute atomic E-state index is 13.5. The lowest BCUT2D eigenvalue weighted by Gasteiger charge is -2.37. The van der Waals surface area contributed by atoms with Gasteiger partial charge in [-0.2, -0.15) is 0 Å². The summed E-state index contributed by atoms with van der Waals surface area (Å²) in [5, 5.41) is 2.46. The number of ether oxygens (including phenoxy) is 2. The van der Waals surface area contributed by atoms with Gasteiger partial charge in [0.15, 0.2) is 0 Å². The Morgan fingerprint density at radius 2 is 2.00 bits per heavy atom. The Hall–Kier alpha value is -2.94. The average molecular weight is 517 g/mol. The molecule has 1 aliphatic heterocycles. The SMILES string of the molecule is COCCN(CC(=O)N1CCc2sccc2[C@H]1COc1ccc(F)cc1)C(=O)c1cccc(Cl)c1. The summed E-state index contributed by atoms with van der Waals surface area (Å²) in [7, 11) is 1.55. The van der Waals surface area contributed by atoms with Crippen molar-refractivity contribution < 1.29 is 23.5 Å².